The van der Waals surface area contributed by atoms with E-state index < -0.39 is 0 Å². The second-order valence-corrected chi connectivity index (χ2v) is 6.99. The van der Waals surface area contributed by atoms with Crippen LogP contribution in [0.2, 0.25) is 0 Å². The van der Waals surface area contributed by atoms with Crippen LogP contribution in [0.5, 0.6) is 5.75 Å². The third-order valence-electron chi connectivity index (χ3n) is 4.93. The number of carbonyl (C=O) groups excluding carboxylic acids is 1. The Morgan fingerprint density at radius 1 is 1.22 bits per heavy atom. The first-order valence-corrected chi connectivity index (χ1v) is 9.27. The van der Waals surface area contributed by atoms with Gasteiger partial charge in [-0.1, -0.05) is 12.1 Å². The van der Waals surface area contributed by atoms with E-state index in [1.807, 2.05) is 29.2 Å². The lowest BCUT2D eigenvalue weighted by atomic mass is 9.98. The maximum absolute atomic E-state index is 13.0. The molecule has 4 rings (SSSR count). The number of nitrogens with zero attached hydrogens (tertiary/aromatic N) is 2. The molecule has 0 unspecified atom stereocenters. The number of amides is 1. The minimum absolute atomic E-state index is 0.0838. The summed E-state index contributed by atoms with van der Waals surface area (Å²) in [5.74, 6) is 1.44. The number of piperidine rings is 1. The van der Waals surface area contributed by atoms with Crippen LogP contribution in [0.1, 0.15) is 18.7 Å². The molecule has 0 spiro atoms. The molecule has 2 aromatic carbocycles. The molecule has 0 saturated carbocycles. The smallest absolute Gasteiger partial charge is 0.230 e. The van der Waals surface area contributed by atoms with E-state index in [1.54, 1.807) is 12.1 Å². The van der Waals surface area contributed by atoms with Crippen molar-refractivity contribution in [1.29, 1.82) is 0 Å². The van der Waals surface area contributed by atoms with Gasteiger partial charge in [0.05, 0.1) is 24.1 Å². The Bertz CT molecular complexity index is 890. The molecule has 1 atom stereocenters. The van der Waals surface area contributed by atoms with Gasteiger partial charge >= 0.3 is 0 Å². The van der Waals surface area contributed by atoms with Crippen molar-refractivity contribution in [3.8, 4) is 5.75 Å². The summed E-state index contributed by atoms with van der Waals surface area (Å²) in [7, 11) is 0. The van der Waals surface area contributed by atoms with Gasteiger partial charge < -0.3 is 14.6 Å². The molecular formula is C21H22FN3O2. The summed E-state index contributed by atoms with van der Waals surface area (Å²) in [5.41, 5.74) is 1.83. The predicted octanol–water partition coefficient (Wildman–Crippen LogP) is 3.56. The molecule has 140 valence electrons. The van der Waals surface area contributed by atoms with Crippen LogP contribution in [-0.4, -0.2) is 40.5 Å². The number of carbonyl (C=O) groups is 1. The lowest BCUT2D eigenvalue weighted by molar-refractivity contribution is -0.132. The Balaban J connectivity index is 1.32. The van der Waals surface area contributed by atoms with Gasteiger partial charge in [-0.15, -0.1) is 0 Å². The number of H-pyrrole nitrogens is 1. The third kappa shape index (κ3) is 4.27. The molecule has 1 aliphatic rings. The summed E-state index contributed by atoms with van der Waals surface area (Å²) in [6, 6.07) is 13.8. The maximum Gasteiger partial charge on any atom is 0.230 e. The number of fused-ring (bicyclic) bond motifs is 1. The Hall–Kier alpha value is -2.89. The second kappa shape index (κ2) is 7.78. The van der Waals surface area contributed by atoms with Crippen LogP contribution in [-0.2, 0) is 11.2 Å². The summed E-state index contributed by atoms with van der Waals surface area (Å²) in [4.78, 5) is 22.3. The Kier molecular flexibility index (Phi) is 5.05. The van der Waals surface area contributed by atoms with E-state index in [2.05, 4.69) is 9.97 Å². The molecule has 27 heavy (non-hydrogen) atoms. The van der Waals surface area contributed by atoms with E-state index >= 15 is 0 Å². The first kappa shape index (κ1) is 17.5. The average molecular weight is 367 g/mol. The largest absolute Gasteiger partial charge is 0.493 e. The molecule has 5 nitrogen and oxygen atoms in total. The Morgan fingerprint density at radius 2 is 2.04 bits per heavy atom. The minimum Gasteiger partial charge on any atom is -0.493 e. The predicted molar refractivity (Wildman–Crippen MR) is 101 cm³/mol. The van der Waals surface area contributed by atoms with Crippen molar-refractivity contribution in [2.45, 2.75) is 19.3 Å². The second-order valence-electron chi connectivity index (χ2n) is 6.99. The van der Waals surface area contributed by atoms with Crippen LogP contribution in [0.25, 0.3) is 11.0 Å². The van der Waals surface area contributed by atoms with Gasteiger partial charge in [0.25, 0.3) is 0 Å². The normalized spacial score (nSPS) is 17.2. The van der Waals surface area contributed by atoms with Crippen molar-refractivity contribution >= 4 is 16.9 Å². The highest BCUT2D eigenvalue weighted by molar-refractivity contribution is 5.80. The summed E-state index contributed by atoms with van der Waals surface area (Å²) in [6.07, 6.45) is 2.26. The number of nitrogens with one attached hydrogen (secondary N) is 1. The van der Waals surface area contributed by atoms with Crippen molar-refractivity contribution in [3.05, 3.63) is 60.2 Å². The van der Waals surface area contributed by atoms with Crippen LogP contribution in [0.3, 0.4) is 0 Å². The first-order valence-electron chi connectivity index (χ1n) is 9.27. The number of imidazole rings is 1. The number of hydrogen-bond acceptors (Lipinski definition) is 3. The molecule has 1 amide bonds. The number of aromatic nitrogens is 2. The van der Waals surface area contributed by atoms with Gasteiger partial charge in [-0.25, -0.2) is 9.37 Å². The molecule has 1 saturated heterocycles. The highest BCUT2D eigenvalue weighted by Gasteiger charge is 2.24. The molecule has 3 aromatic rings. The summed E-state index contributed by atoms with van der Waals surface area (Å²) >= 11 is 0. The molecule has 6 heteroatoms. The summed E-state index contributed by atoms with van der Waals surface area (Å²) < 4.78 is 18.7. The van der Waals surface area contributed by atoms with Gasteiger partial charge in [-0.2, -0.15) is 0 Å². The number of rotatable bonds is 5. The number of ether oxygens (including phenoxy) is 1. The standard InChI is InChI=1S/C21H22FN3O2/c22-16-7-9-17(10-8-16)27-14-15-4-3-11-25(13-15)21(26)12-20-23-18-5-1-2-6-19(18)24-20/h1-2,5-10,15H,3-4,11-14H2,(H,23,24)/t15-/m0/s1. The minimum atomic E-state index is -0.276. The van der Waals surface area contributed by atoms with Crippen LogP contribution in [0, 0.1) is 11.7 Å². The van der Waals surface area contributed by atoms with Crippen LogP contribution in [0.4, 0.5) is 4.39 Å². The molecule has 0 aliphatic carbocycles. The quantitative estimate of drug-likeness (QED) is 0.750. The van der Waals surface area contributed by atoms with Crippen LogP contribution >= 0.6 is 0 Å². The average Bonchev–Trinajstić information content (AvgIpc) is 3.10. The molecule has 1 N–H and O–H groups in total. The number of para-hydroxylation sites is 2. The van der Waals surface area contributed by atoms with Crippen LogP contribution < -0.4 is 4.74 Å². The Morgan fingerprint density at radius 3 is 2.85 bits per heavy atom. The van der Waals surface area contributed by atoms with Gasteiger partial charge in [-0.3, -0.25) is 4.79 Å². The topological polar surface area (TPSA) is 58.2 Å². The lowest BCUT2D eigenvalue weighted by Gasteiger charge is -2.32. The van der Waals surface area contributed by atoms with E-state index in [9.17, 15) is 9.18 Å². The zero-order valence-corrected chi connectivity index (χ0v) is 15.0. The summed E-state index contributed by atoms with van der Waals surface area (Å²) in [5, 5.41) is 0. The first-order chi connectivity index (χ1) is 13.2. The zero-order chi connectivity index (χ0) is 18.6. The van der Waals surface area contributed by atoms with E-state index in [0.29, 0.717) is 24.7 Å². The highest BCUT2D eigenvalue weighted by Crippen LogP contribution is 2.20. The number of halogens is 1. The van der Waals surface area contributed by atoms with Crippen LogP contribution in [0.15, 0.2) is 48.5 Å². The lowest BCUT2D eigenvalue weighted by Crippen LogP contribution is -2.42. The Labute approximate surface area is 157 Å². The van der Waals surface area contributed by atoms with Gasteiger partial charge in [0.15, 0.2) is 0 Å². The molecule has 1 aromatic heterocycles. The molecule has 1 aliphatic heterocycles. The SMILES string of the molecule is O=C(Cc1nc2ccccc2[nH]1)N1CCC[C@H](COc2ccc(F)cc2)C1. The molecule has 1 fully saturated rings. The van der Waals surface area contributed by atoms with E-state index in [4.69, 9.17) is 4.74 Å². The van der Waals surface area contributed by atoms with Crippen molar-refractivity contribution in [2.24, 2.45) is 5.92 Å². The van der Waals surface area contributed by atoms with E-state index in [-0.39, 0.29) is 24.1 Å². The van der Waals surface area contributed by atoms with Crippen molar-refractivity contribution in [3.63, 3.8) is 0 Å². The molecular weight excluding hydrogens is 345 g/mol. The van der Waals surface area contributed by atoms with Crippen molar-refractivity contribution in [2.75, 3.05) is 19.7 Å². The number of benzene rings is 2. The van der Waals surface area contributed by atoms with E-state index in [0.717, 1.165) is 30.4 Å². The summed E-state index contributed by atoms with van der Waals surface area (Å²) in [6.45, 7) is 1.98. The fraction of sp³-hybridized carbons (Fsp3) is 0.333. The van der Waals surface area contributed by atoms with Gasteiger partial charge in [0.2, 0.25) is 5.91 Å². The zero-order valence-electron chi connectivity index (χ0n) is 15.0. The molecule has 2 heterocycles. The highest BCUT2D eigenvalue weighted by atomic mass is 19.1. The van der Waals surface area contributed by atoms with Gasteiger partial charge in [-0.05, 0) is 49.2 Å². The fourth-order valence-corrected chi connectivity index (χ4v) is 3.52. The molecule has 0 bridgehead atoms. The van der Waals surface area contributed by atoms with E-state index in [1.165, 1.54) is 12.1 Å². The fourth-order valence-electron chi connectivity index (χ4n) is 3.52. The number of aromatic amines is 1. The maximum atomic E-state index is 13.0. The van der Waals surface area contributed by atoms with Gasteiger partial charge in [0, 0.05) is 19.0 Å². The molecule has 0 radical (unpaired) electrons. The van der Waals surface area contributed by atoms with Gasteiger partial charge in [0.1, 0.15) is 17.4 Å². The monoisotopic (exact) mass is 367 g/mol. The number of likely N-dealkylation sites (tertiary alicyclic amines) is 1. The van der Waals surface area contributed by atoms with Crippen molar-refractivity contribution < 1.29 is 13.9 Å². The number of hydrogen-bond donors (Lipinski definition) is 1. The third-order valence-corrected chi connectivity index (χ3v) is 4.93. The van der Waals surface area contributed by atoms with Crippen molar-refractivity contribution in [1.82, 2.24) is 14.9 Å².